The van der Waals surface area contributed by atoms with Crippen molar-refractivity contribution in [3.63, 3.8) is 0 Å². The molecule has 7 nitrogen and oxygen atoms in total. The van der Waals surface area contributed by atoms with Crippen LogP contribution in [0.25, 0.3) is 11.1 Å². The molecule has 0 aliphatic heterocycles. The fourth-order valence-electron chi connectivity index (χ4n) is 2.57. The molecule has 3 rings (SSSR count). The second-order valence-electron chi connectivity index (χ2n) is 5.93. The molecule has 9 heteroatoms. The average Bonchev–Trinajstić information content (AvgIpc) is 2.63. The largest absolute Gasteiger partial charge is 0.455 e. The van der Waals surface area contributed by atoms with Crippen molar-refractivity contribution in [2.24, 2.45) is 10.9 Å². The molecule has 6 N–H and O–H groups in total. The van der Waals surface area contributed by atoms with Crippen molar-refractivity contribution >= 4 is 33.2 Å². The quantitative estimate of drug-likeness (QED) is 0.547. The van der Waals surface area contributed by atoms with Crippen LogP contribution in [0.3, 0.4) is 0 Å². The molecule has 0 atom stereocenters. The lowest BCUT2D eigenvalue weighted by molar-refractivity contribution is 0.100. The van der Waals surface area contributed by atoms with Gasteiger partial charge in [0, 0.05) is 11.1 Å². The first-order valence-electron chi connectivity index (χ1n) is 7.95. The number of rotatable bonds is 5. The van der Waals surface area contributed by atoms with Crippen molar-refractivity contribution in [2.75, 3.05) is 5.73 Å². The van der Waals surface area contributed by atoms with E-state index in [0.717, 1.165) is 5.56 Å². The van der Waals surface area contributed by atoms with Gasteiger partial charge in [0.05, 0.1) is 16.1 Å². The molecule has 0 aliphatic carbocycles. The van der Waals surface area contributed by atoms with Gasteiger partial charge in [0.2, 0.25) is 10.0 Å². The minimum Gasteiger partial charge on any atom is -0.455 e. The summed E-state index contributed by atoms with van der Waals surface area (Å²) in [5.74, 6) is -0.397. The number of carbonyl (C=O) groups is 1. The van der Waals surface area contributed by atoms with Gasteiger partial charge in [-0.3, -0.25) is 4.79 Å². The predicted octanol–water partition coefficient (Wildman–Crippen LogP) is 3.13. The molecule has 3 aromatic rings. The minimum absolute atomic E-state index is 0.0335. The molecule has 1 amide bonds. The summed E-state index contributed by atoms with van der Waals surface area (Å²) in [6, 6.07) is 15.7. The third kappa shape index (κ3) is 4.25. The van der Waals surface area contributed by atoms with E-state index < -0.39 is 15.9 Å². The van der Waals surface area contributed by atoms with Crippen molar-refractivity contribution in [2.45, 2.75) is 4.90 Å². The number of primary amides is 1. The highest BCUT2D eigenvalue weighted by atomic mass is 35.5. The van der Waals surface area contributed by atoms with Gasteiger partial charge in [-0.05, 0) is 47.5 Å². The number of halogens is 1. The van der Waals surface area contributed by atoms with E-state index in [1.807, 2.05) is 0 Å². The Morgan fingerprint density at radius 3 is 2.25 bits per heavy atom. The number of hydrogen-bond acceptors (Lipinski definition) is 5. The van der Waals surface area contributed by atoms with Gasteiger partial charge < -0.3 is 16.2 Å². The number of carbonyl (C=O) groups excluding carboxylic acids is 1. The molecule has 0 saturated carbocycles. The molecule has 0 radical (unpaired) electrons. The Morgan fingerprint density at radius 2 is 1.64 bits per heavy atom. The van der Waals surface area contributed by atoms with Crippen LogP contribution in [0.5, 0.6) is 11.5 Å². The second-order valence-corrected chi connectivity index (χ2v) is 7.93. The van der Waals surface area contributed by atoms with Crippen LogP contribution in [-0.4, -0.2) is 14.3 Å². The molecule has 0 saturated heterocycles. The van der Waals surface area contributed by atoms with Crippen LogP contribution in [0.4, 0.5) is 5.69 Å². The number of primary sulfonamides is 1. The second kappa shape index (κ2) is 7.51. The SMILES string of the molecule is NC(=O)c1cc(-c2ccc(Cl)cc2)cc(Oc2cccc(S(N)(=O)=O)c2)c1N. The predicted molar refractivity (Wildman–Crippen MR) is 108 cm³/mol. The number of sulfonamides is 1. The maximum absolute atomic E-state index is 11.8. The van der Waals surface area contributed by atoms with E-state index in [1.165, 1.54) is 24.3 Å². The Bertz CT molecular complexity index is 1160. The zero-order chi connectivity index (χ0) is 20.5. The Kier molecular flexibility index (Phi) is 5.28. The first kappa shape index (κ1) is 19.7. The van der Waals surface area contributed by atoms with Crippen molar-refractivity contribution < 1.29 is 17.9 Å². The molecular formula is C19H16ClN3O4S. The molecule has 0 heterocycles. The van der Waals surface area contributed by atoms with Crippen molar-refractivity contribution in [3.05, 3.63) is 71.2 Å². The van der Waals surface area contributed by atoms with Gasteiger partial charge in [0.15, 0.2) is 5.75 Å². The molecule has 0 aromatic heterocycles. The van der Waals surface area contributed by atoms with Gasteiger partial charge in [-0.25, -0.2) is 13.6 Å². The van der Waals surface area contributed by atoms with Crippen LogP contribution in [0.1, 0.15) is 10.4 Å². The Balaban J connectivity index is 2.10. The van der Waals surface area contributed by atoms with E-state index in [1.54, 1.807) is 36.4 Å². The van der Waals surface area contributed by atoms with Crippen LogP contribution in [0, 0.1) is 0 Å². The summed E-state index contributed by atoms with van der Waals surface area (Å²) in [7, 11) is -3.90. The zero-order valence-electron chi connectivity index (χ0n) is 14.4. The summed E-state index contributed by atoms with van der Waals surface area (Å²) in [5, 5.41) is 5.71. The van der Waals surface area contributed by atoms with Crippen molar-refractivity contribution in [3.8, 4) is 22.6 Å². The van der Waals surface area contributed by atoms with Crippen LogP contribution in [0.2, 0.25) is 5.02 Å². The molecule has 0 bridgehead atoms. The standard InChI is InChI=1S/C19H16ClN3O4S/c20-13-6-4-11(5-7-13)12-8-16(19(22)24)18(21)17(9-12)27-14-2-1-3-15(10-14)28(23,25)26/h1-10H,21H2,(H2,22,24)(H2,23,25,26). The first-order valence-corrected chi connectivity index (χ1v) is 9.87. The number of ether oxygens (including phenoxy) is 1. The van der Waals surface area contributed by atoms with Gasteiger partial charge in [-0.1, -0.05) is 29.8 Å². The van der Waals surface area contributed by atoms with Gasteiger partial charge in [0.25, 0.3) is 5.91 Å². The Morgan fingerprint density at radius 1 is 0.964 bits per heavy atom. The Labute approximate surface area is 166 Å². The van der Waals surface area contributed by atoms with E-state index >= 15 is 0 Å². The number of nitrogens with two attached hydrogens (primary N) is 3. The zero-order valence-corrected chi connectivity index (χ0v) is 16.0. The normalized spacial score (nSPS) is 11.2. The average molecular weight is 418 g/mol. The third-order valence-electron chi connectivity index (χ3n) is 3.95. The smallest absolute Gasteiger partial charge is 0.250 e. The highest BCUT2D eigenvalue weighted by molar-refractivity contribution is 7.89. The summed E-state index contributed by atoms with van der Waals surface area (Å²) >= 11 is 5.92. The van der Waals surface area contributed by atoms with Gasteiger partial charge in [-0.2, -0.15) is 0 Å². The Hall–Kier alpha value is -3.07. The molecule has 3 aromatic carbocycles. The van der Waals surface area contributed by atoms with Crippen LogP contribution >= 0.6 is 11.6 Å². The molecule has 0 unspecified atom stereocenters. The summed E-state index contributed by atoms with van der Waals surface area (Å²) < 4.78 is 28.8. The van der Waals surface area contributed by atoms with Crippen molar-refractivity contribution in [1.29, 1.82) is 0 Å². The summed E-state index contributed by atoms with van der Waals surface area (Å²) in [6.45, 7) is 0. The maximum Gasteiger partial charge on any atom is 0.250 e. The summed E-state index contributed by atoms with van der Waals surface area (Å²) in [6.07, 6.45) is 0. The van der Waals surface area contributed by atoms with Gasteiger partial charge in [-0.15, -0.1) is 0 Å². The minimum atomic E-state index is -3.90. The van der Waals surface area contributed by atoms with E-state index in [-0.39, 0.29) is 27.6 Å². The van der Waals surface area contributed by atoms with Gasteiger partial charge >= 0.3 is 0 Å². The molecule has 0 aliphatic rings. The molecule has 0 spiro atoms. The highest BCUT2D eigenvalue weighted by Crippen LogP contribution is 2.36. The van der Waals surface area contributed by atoms with E-state index in [2.05, 4.69) is 0 Å². The summed E-state index contributed by atoms with van der Waals surface area (Å²) in [4.78, 5) is 11.7. The maximum atomic E-state index is 11.8. The number of nitrogen functional groups attached to an aromatic ring is 1. The van der Waals surface area contributed by atoms with Crippen LogP contribution in [-0.2, 0) is 10.0 Å². The number of hydrogen-bond donors (Lipinski definition) is 3. The van der Waals surface area contributed by atoms with Gasteiger partial charge in [0.1, 0.15) is 5.75 Å². The fraction of sp³-hybridized carbons (Fsp3) is 0. The van der Waals surface area contributed by atoms with Crippen LogP contribution < -0.4 is 21.3 Å². The molecule has 0 fully saturated rings. The lowest BCUT2D eigenvalue weighted by atomic mass is 10.0. The molecule has 144 valence electrons. The topological polar surface area (TPSA) is 138 Å². The highest BCUT2D eigenvalue weighted by Gasteiger charge is 2.16. The van der Waals surface area contributed by atoms with Crippen LogP contribution in [0.15, 0.2) is 65.6 Å². The number of amides is 1. The van der Waals surface area contributed by atoms with E-state index in [9.17, 15) is 13.2 Å². The summed E-state index contributed by atoms with van der Waals surface area (Å²) in [5.41, 5.74) is 13.0. The fourth-order valence-corrected chi connectivity index (χ4v) is 3.24. The van der Waals surface area contributed by atoms with E-state index in [4.69, 9.17) is 32.9 Å². The van der Waals surface area contributed by atoms with Crippen molar-refractivity contribution in [1.82, 2.24) is 0 Å². The lowest BCUT2D eigenvalue weighted by Gasteiger charge is -2.14. The molecular weight excluding hydrogens is 402 g/mol. The number of benzene rings is 3. The first-order chi connectivity index (χ1) is 13.1. The molecule has 28 heavy (non-hydrogen) atoms. The lowest BCUT2D eigenvalue weighted by Crippen LogP contribution is -2.14. The third-order valence-corrected chi connectivity index (χ3v) is 5.11. The monoisotopic (exact) mass is 417 g/mol. The van der Waals surface area contributed by atoms with E-state index in [0.29, 0.717) is 10.6 Å². The number of anilines is 1.